The number of benzene rings is 2. The highest BCUT2D eigenvalue weighted by atomic mass is 32.1. The molecule has 126 valence electrons. The third kappa shape index (κ3) is 2.79. The third-order valence-corrected chi connectivity index (χ3v) is 4.96. The number of nitriles is 1. The molecule has 0 aliphatic rings. The molecule has 0 atom stereocenters. The minimum Gasteiger partial charge on any atom is -0.397 e. The molecule has 3 aromatic rings. The number of hydrogen-bond acceptors (Lipinski definition) is 4. The van der Waals surface area contributed by atoms with Crippen LogP contribution in [-0.4, -0.2) is 5.91 Å². The summed E-state index contributed by atoms with van der Waals surface area (Å²) in [6.45, 7) is 0. The summed E-state index contributed by atoms with van der Waals surface area (Å²) in [6.07, 6.45) is -4.63. The number of primary amides is 1. The number of nitrogens with zero attached hydrogens (tertiary/aromatic N) is 1. The van der Waals surface area contributed by atoms with Gasteiger partial charge in [-0.1, -0.05) is 18.2 Å². The number of halogens is 3. The van der Waals surface area contributed by atoms with Crippen molar-refractivity contribution >= 4 is 33.0 Å². The summed E-state index contributed by atoms with van der Waals surface area (Å²) < 4.78 is 40.3. The Labute approximate surface area is 144 Å². The largest absolute Gasteiger partial charge is 0.417 e. The van der Waals surface area contributed by atoms with E-state index in [1.165, 1.54) is 6.07 Å². The Hall–Kier alpha value is -3.05. The van der Waals surface area contributed by atoms with Gasteiger partial charge >= 0.3 is 6.18 Å². The van der Waals surface area contributed by atoms with Crippen molar-refractivity contribution in [1.82, 2.24) is 0 Å². The first kappa shape index (κ1) is 16.8. The maximum absolute atomic E-state index is 13.4. The highest BCUT2D eigenvalue weighted by Gasteiger charge is 2.35. The number of nitrogen functional groups attached to an aromatic ring is 1. The Kier molecular flexibility index (Phi) is 3.89. The zero-order valence-corrected chi connectivity index (χ0v) is 13.3. The number of carbonyl (C=O) groups excluding carboxylic acids is 1. The number of carbonyl (C=O) groups is 1. The highest BCUT2D eigenvalue weighted by Crippen LogP contribution is 2.46. The minimum atomic E-state index is -4.63. The van der Waals surface area contributed by atoms with Crippen LogP contribution < -0.4 is 11.5 Å². The molecule has 2 aromatic carbocycles. The van der Waals surface area contributed by atoms with Crippen LogP contribution in [0, 0.1) is 11.3 Å². The van der Waals surface area contributed by atoms with Crippen LogP contribution in [0.25, 0.3) is 21.2 Å². The molecule has 25 heavy (non-hydrogen) atoms. The number of nitrogens with two attached hydrogens (primary N) is 2. The van der Waals surface area contributed by atoms with Crippen LogP contribution in [0.2, 0.25) is 0 Å². The van der Waals surface area contributed by atoms with Gasteiger partial charge in [0.2, 0.25) is 0 Å². The standard InChI is InChI=1S/C17H10F3N3OS/c18-17(19,20)11-5-4-10(9-3-1-2-8(6-9)7-21)14-12(11)13(22)15(25-14)16(23)24/h1-6H,22H2,(H2,23,24). The van der Waals surface area contributed by atoms with E-state index in [2.05, 4.69) is 0 Å². The Morgan fingerprint density at radius 1 is 1.20 bits per heavy atom. The summed E-state index contributed by atoms with van der Waals surface area (Å²) in [7, 11) is 0. The maximum Gasteiger partial charge on any atom is 0.417 e. The fraction of sp³-hybridized carbons (Fsp3) is 0.0588. The minimum absolute atomic E-state index is 0.121. The molecule has 1 aromatic heterocycles. The van der Waals surface area contributed by atoms with E-state index in [0.29, 0.717) is 16.7 Å². The van der Waals surface area contributed by atoms with Crippen molar-refractivity contribution in [2.75, 3.05) is 5.73 Å². The average Bonchev–Trinajstić information content (AvgIpc) is 2.91. The molecular formula is C17H10F3N3OS. The highest BCUT2D eigenvalue weighted by molar-refractivity contribution is 7.22. The maximum atomic E-state index is 13.4. The first-order valence-electron chi connectivity index (χ1n) is 6.96. The number of anilines is 1. The monoisotopic (exact) mass is 361 g/mol. The van der Waals surface area contributed by atoms with Crippen molar-refractivity contribution in [2.24, 2.45) is 5.73 Å². The van der Waals surface area contributed by atoms with Gasteiger partial charge in [-0.25, -0.2) is 0 Å². The molecule has 1 amide bonds. The van der Waals surface area contributed by atoms with Gasteiger partial charge in [-0.3, -0.25) is 4.79 Å². The molecule has 0 saturated heterocycles. The van der Waals surface area contributed by atoms with E-state index < -0.39 is 17.6 Å². The van der Waals surface area contributed by atoms with Gasteiger partial charge in [-0.15, -0.1) is 11.3 Å². The smallest absolute Gasteiger partial charge is 0.397 e. The summed E-state index contributed by atoms with van der Waals surface area (Å²) in [5.41, 5.74) is 11.2. The molecule has 0 radical (unpaired) electrons. The lowest BCUT2D eigenvalue weighted by molar-refractivity contribution is -0.136. The fourth-order valence-electron chi connectivity index (χ4n) is 2.63. The van der Waals surface area contributed by atoms with E-state index >= 15 is 0 Å². The van der Waals surface area contributed by atoms with Gasteiger partial charge in [0.05, 0.1) is 22.9 Å². The average molecular weight is 361 g/mol. The van der Waals surface area contributed by atoms with Crippen LogP contribution in [0.3, 0.4) is 0 Å². The molecule has 0 fully saturated rings. The number of amides is 1. The molecule has 0 aliphatic heterocycles. The van der Waals surface area contributed by atoms with Crippen molar-refractivity contribution in [1.29, 1.82) is 5.26 Å². The summed E-state index contributed by atoms with van der Waals surface area (Å²) in [4.78, 5) is 11.4. The number of rotatable bonds is 2. The predicted octanol–water partition coefficient (Wildman–Crippen LogP) is 4.14. The van der Waals surface area contributed by atoms with Gasteiger partial charge in [-0.05, 0) is 29.3 Å². The Morgan fingerprint density at radius 2 is 1.92 bits per heavy atom. The predicted molar refractivity (Wildman–Crippen MR) is 89.9 cm³/mol. The molecule has 4 nitrogen and oxygen atoms in total. The van der Waals surface area contributed by atoms with E-state index in [9.17, 15) is 18.0 Å². The van der Waals surface area contributed by atoms with Crippen LogP contribution in [0.5, 0.6) is 0 Å². The second-order valence-electron chi connectivity index (χ2n) is 5.26. The normalized spacial score (nSPS) is 11.4. The molecule has 4 N–H and O–H groups in total. The number of alkyl halides is 3. The van der Waals surface area contributed by atoms with E-state index in [1.54, 1.807) is 24.3 Å². The molecule has 0 unspecified atom stereocenters. The summed E-state index contributed by atoms with van der Waals surface area (Å²) in [5.74, 6) is -0.886. The number of thiophene rings is 1. The first-order valence-corrected chi connectivity index (χ1v) is 7.78. The van der Waals surface area contributed by atoms with Gasteiger partial charge in [0, 0.05) is 10.1 Å². The van der Waals surface area contributed by atoms with Crippen LogP contribution in [-0.2, 0) is 6.18 Å². The molecule has 0 aliphatic carbocycles. The van der Waals surface area contributed by atoms with E-state index in [-0.39, 0.29) is 20.7 Å². The molecule has 0 saturated carbocycles. The SMILES string of the molecule is N#Cc1cccc(-c2ccc(C(F)(F)F)c3c(N)c(C(N)=O)sc23)c1. The zero-order valence-electron chi connectivity index (χ0n) is 12.5. The molecule has 1 heterocycles. The van der Waals surface area contributed by atoms with Crippen molar-refractivity contribution in [3.05, 3.63) is 52.4 Å². The van der Waals surface area contributed by atoms with Crippen LogP contribution >= 0.6 is 11.3 Å². The van der Waals surface area contributed by atoms with Gasteiger partial charge in [-0.2, -0.15) is 18.4 Å². The van der Waals surface area contributed by atoms with Gasteiger partial charge < -0.3 is 11.5 Å². The van der Waals surface area contributed by atoms with E-state index in [4.69, 9.17) is 16.7 Å². The lowest BCUT2D eigenvalue weighted by atomic mass is 9.98. The van der Waals surface area contributed by atoms with Gasteiger partial charge in [0.1, 0.15) is 4.88 Å². The molecule has 3 rings (SSSR count). The van der Waals surface area contributed by atoms with Crippen LogP contribution in [0.4, 0.5) is 18.9 Å². The number of hydrogen-bond donors (Lipinski definition) is 2. The van der Waals surface area contributed by atoms with Crippen molar-refractivity contribution in [3.8, 4) is 17.2 Å². The molecular weight excluding hydrogens is 351 g/mol. The lowest BCUT2D eigenvalue weighted by Gasteiger charge is -2.12. The van der Waals surface area contributed by atoms with Gasteiger partial charge in [0.15, 0.2) is 0 Å². The topological polar surface area (TPSA) is 92.9 Å². The first-order chi connectivity index (χ1) is 11.7. The van der Waals surface area contributed by atoms with Crippen molar-refractivity contribution in [2.45, 2.75) is 6.18 Å². The fourth-order valence-corrected chi connectivity index (χ4v) is 3.76. The second-order valence-corrected chi connectivity index (χ2v) is 6.28. The van der Waals surface area contributed by atoms with Crippen LogP contribution in [0.15, 0.2) is 36.4 Å². The summed E-state index contributed by atoms with van der Waals surface area (Å²) in [6, 6.07) is 10.7. The van der Waals surface area contributed by atoms with E-state index in [1.807, 2.05) is 6.07 Å². The van der Waals surface area contributed by atoms with E-state index in [0.717, 1.165) is 17.4 Å². The summed E-state index contributed by atoms with van der Waals surface area (Å²) in [5, 5.41) is 8.77. The number of fused-ring (bicyclic) bond motifs is 1. The molecule has 8 heteroatoms. The zero-order chi connectivity index (χ0) is 18.4. The molecule has 0 spiro atoms. The quantitative estimate of drug-likeness (QED) is 0.718. The Bertz CT molecular complexity index is 1050. The second kappa shape index (κ2) is 5.79. The summed E-state index contributed by atoms with van der Waals surface area (Å²) >= 11 is 0.815. The molecule has 0 bridgehead atoms. The lowest BCUT2D eigenvalue weighted by Crippen LogP contribution is -2.11. The van der Waals surface area contributed by atoms with Crippen molar-refractivity contribution in [3.63, 3.8) is 0 Å². The van der Waals surface area contributed by atoms with Gasteiger partial charge in [0.25, 0.3) is 5.91 Å². The Morgan fingerprint density at radius 3 is 2.52 bits per heavy atom. The van der Waals surface area contributed by atoms with Crippen LogP contribution in [0.1, 0.15) is 20.8 Å². The Balaban J connectivity index is 2.41. The third-order valence-electron chi connectivity index (χ3n) is 3.71. The van der Waals surface area contributed by atoms with Crippen molar-refractivity contribution < 1.29 is 18.0 Å².